The van der Waals surface area contributed by atoms with Crippen molar-refractivity contribution in [1.29, 1.82) is 0 Å². The summed E-state index contributed by atoms with van der Waals surface area (Å²) >= 11 is 5.59. The van der Waals surface area contributed by atoms with Gasteiger partial charge in [0.05, 0.1) is 17.0 Å². The highest BCUT2D eigenvalue weighted by atomic mass is 32.1. The number of thiol groups is 1. The molecule has 0 bridgehead atoms. The Morgan fingerprint density at radius 2 is 2.53 bits per heavy atom. The molecule has 1 saturated heterocycles. The van der Waals surface area contributed by atoms with E-state index >= 15 is 0 Å². The molecule has 15 heavy (non-hydrogen) atoms. The second-order valence-electron chi connectivity index (χ2n) is 3.99. The van der Waals surface area contributed by atoms with Crippen molar-refractivity contribution < 1.29 is 9.53 Å². The zero-order valence-electron chi connectivity index (χ0n) is 8.45. The summed E-state index contributed by atoms with van der Waals surface area (Å²) in [5.41, 5.74) is -0.210. The summed E-state index contributed by atoms with van der Waals surface area (Å²) in [5.74, 6) is -0.0340. The quantitative estimate of drug-likeness (QED) is 0.779. The molecule has 1 aliphatic heterocycles. The molecule has 2 heterocycles. The second kappa shape index (κ2) is 4.15. The van der Waals surface area contributed by atoms with E-state index in [0.717, 1.165) is 17.9 Å². The summed E-state index contributed by atoms with van der Waals surface area (Å²) in [7, 11) is 0. The fourth-order valence-electron chi connectivity index (χ4n) is 1.55. The first-order valence-electron chi connectivity index (χ1n) is 4.77. The molecule has 1 atom stereocenters. The number of carbonyl (C=O) groups is 1. The molecule has 5 heteroatoms. The third-order valence-corrected chi connectivity index (χ3v) is 3.81. The Labute approximate surface area is 98.2 Å². The van der Waals surface area contributed by atoms with Gasteiger partial charge in [0.15, 0.2) is 0 Å². The van der Waals surface area contributed by atoms with Gasteiger partial charge in [0.1, 0.15) is 0 Å². The summed E-state index contributed by atoms with van der Waals surface area (Å²) in [6.45, 7) is 3.32. The Morgan fingerprint density at radius 1 is 1.73 bits per heavy atom. The highest BCUT2D eigenvalue weighted by molar-refractivity contribution is 7.80. The van der Waals surface area contributed by atoms with Crippen molar-refractivity contribution >= 4 is 29.9 Å². The SMILES string of the molecule is CC1(NC(=O)c2cc(S)cs2)CCOC1. The van der Waals surface area contributed by atoms with Gasteiger partial charge in [-0.05, 0) is 19.4 Å². The lowest BCUT2D eigenvalue weighted by molar-refractivity contribution is 0.0894. The van der Waals surface area contributed by atoms with Crippen molar-refractivity contribution in [3.63, 3.8) is 0 Å². The standard InChI is InChI=1S/C10H13NO2S2/c1-10(2-3-13-6-10)11-9(12)8-4-7(14)5-15-8/h4-5,14H,2-3,6H2,1H3,(H,11,12). The number of hydrogen-bond donors (Lipinski definition) is 2. The normalized spacial score (nSPS) is 25.5. The molecule has 3 nitrogen and oxygen atoms in total. The smallest absolute Gasteiger partial charge is 0.261 e. The van der Waals surface area contributed by atoms with Crippen molar-refractivity contribution in [2.24, 2.45) is 0 Å². The second-order valence-corrected chi connectivity index (χ2v) is 5.41. The minimum Gasteiger partial charge on any atom is -0.379 e. The number of amides is 1. The van der Waals surface area contributed by atoms with Crippen LogP contribution < -0.4 is 5.32 Å². The van der Waals surface area contributed by atoms with Crippen LogP contribution in [0.25, 0.3) is 0 Å². The number of ether oxygens (including phenoxy) is 1. The van der Waals surface area contributed by atoms with E-state index in [0.29, 0.717) is 11.5 Å². The minimum absolute atomic E-state index is 0.0340. The van der Waals surface area contributed by atoms with Crippen LogP contribution in [-0.4, -0.2) is 24.7 Å². The molecule has 0 radical (unpaired) electrons. The highest BCUT2D eigenvalue weighted by Gasteiger charge is 2.31. The Hall–Kier alpha value is -0.520. The Bertz CT molecular complexity index is 369. The van der Waals surface area contributed by atoms with Gasteiger partial charge < -0.3 is 10.1 Å². The van der Waals surface area contributed by atoms with Crippen LogP contribution in [0.3, 0.4) is 0 Å². The van der Waals surface area contributed by atoms with Crippen LogP contribution in [0.1, 0.15) is 23.0 Å². The van der Waals surface area contributed by atoms with Gasteiger partial charge in [-0.15, -0.1) is 24.0 Å². The number of carbonyl (C=O) groups excluding carboxylic acids is 1. The predicted molar refractivity (Wildman–Crippen MR) is 62.9 cm³/mol. The van der Waals surface area contributed by atoms with E-state index in [1.165, 1.54) is 11.3 Å². The van der Waals surface area contributed by atoms with E-state index in [4.69, 9.17) is 4.74 Å². The van der Waals surface area contributed by atoms with Crippen LogP contribution >= 0.6 is 24.0 Å². The third kappa shape index (κ3) is 2.53. The van der Waals surface area contributed by atoms with Crippen molar-refractivity contribution in [2.75, 3.05) is 13.2 Å². The molecule has 2 rings (SSSR count). The molecular formula is C10H13NO2S2. The first-order chi connectivity index (χ1) is 7.09. The number of hydrogen-bond acceptors (Lipinski definition) is 4. The summed E-state index contributed by atoms with van der Waals surface area (Å²) in [6.07, 6.45) is 0.873. The van der Waals surface area contributed by atoms with Crippen molar-refractivity contribution in [3.8, 4) is 0 Å². The van der Waals surface area contributed by atoms with Crippen LogP contribution in [0.4, 0.5) is 0 Å². The topological polar surface area (TPSA) is 38.3 Å². The molecule has 1 aliphatic rings. The molecule has 1 aromatic rings. The van der Waals surface area contributed by atoms with Crippen molar-refractivity contribution in [2.45, 2.75) is 23.8 Å². The average Bonchev–Trinajstić information content (AvgIpc) is 2.75. The van der Waals surface area contributed by atoms with Crippen LogP contribution in [0, 0.1) is 0 Å². The fraction of sp³-hybridized carbons (Fsp3) is 0.500. The summed E-state index contributed by atoms with van der Waals surface area (Å²) in [4.78, 5) is 13.4. The van der Waals surface area contributed by atoms with Crippen LogP contribution in [-0.2, 0) is 4.74 Å². The highest BCUT2D eigenvalue weighted by Crippen LogP contribution is 2.21. The van der Waals surface area contributed by atoms with Gasteiger partial charge >= 0.3 is 0 Å². The Balaban J connectivity index is 2.03. The van der Waals surface area contributed by atoms with Crippen LogP contribution in [0.5, 0.6) is 0 Å². The molecular weight excluding hydrogens is 230 g/mol. The zero-order chi connectivity index (χ0) is 10.9. The van der Waals surface area contributed by atoms with Crippen molar-refractivity contribution in [3.05, 3.63) is 16.3 Å². The predicted octanol–water partition coefficient (Wildman–Crippen LogP) is 1.95. The summed E-state index contributed by atoms with van der Waals surface area (Å²) < 4.78 is 5.28. The maximum Gasteiger partial charge on any atom is 0.261 e. The van der Waals surface area contributed by atoms with Gasteiger partial charge in [-0.2, -0.15) is 0 Å². The monoisotopic (exact) mass is 243 g/mol. The molecule has 82 valence electrons. The average molecular weight is 243 g/mol. The molecule has 1 fully saturated rings. The van der Waals surface area contributed by atoms with E-state index in [1.807, 2.05) is 12.3 Å². The molecule has 1 amide bonds. The van der Waals surface area contributed by atoms with E-state index in [2.05, 4.69) is 17.9 Å². The Kier molecular flexibility index (Phi) is 3.04. The number of thiophene rings is 1. The van der Waals surface area contributed by atoms with Gasteiger partial charge in [0.25, 0.3) is 5.91 Å². The Morgan fingerprint density at radius 3 is 3.07 bits per heavy atom. The zero-order valence-corrected chi connectivity index (χ0v) is 10.2. The largest absolute Gasteiger partial charge is 0.379 e. The maximum absolute atomic E-state index is 11.8. The summed E-state index contributed by atoms with van der Waals surface area (Å²) in [6, 6.07) is 1.78. The van der Waals surface area contributed by atoms with Crippen LogP contribution in [0.15, 0.2) is 16.3 Å². The number of nitrogens with one attached hydrogen (secondary N) is 1. The van der Waals surface area contributed by atoms with Gasteiger partial charge in [-0.25, -0.2) is 0 Å². The first kappa shape index (κ1) is 11.0. The van der Waals surface area contributed by atoms with E-state index in [1.54, 1.807) is 6.07 Å². The number of rotatable bonds is 2. The minimum atomic E-state index is -0.210. The van der Waals surface area contributed by atoms with Gasteiger partial charge in [0, 0.05) is 16.9 Å². The fourth-order valence-corrected chi connectivity index (χ4v) is 2.59. The molecule has 0 saturated carbocycles. The first-order valence-corrected chi connectivity index (χ1v) is 6.09. The lowest BCUT2D eigenvalue weighted by atomic mass is 10.0. The van der Waals surface area contributed by atoms with Crippen molar-refractivity contribution in [1.82, 2.24) is 5.32 Å². The van der Waals surface area contributed by atoms with E-state index < -0.39 is 0 Å². The lowest BCUT2D eigenvalue weighted by Crippen LogP contribution is -2.46. The van der Waals surface area contributed by atoms with Crippen LogP contribution in [0.2, 0.25) is 0 Å². The molecule has 1 N–H and O–H groups in total. The molecule has 0 spiro atoms. The summed E-state index contributed by atoms with van der Waals surface area (Å²) in [5, 5.41) is 4.85. The lowest BCUT2D eigenvalue weighted by Gasteiger charge is -2.22. The van der Waals surface area contributed by atoms with Gasteiger partial charge in [-0.3, -0.25) is 4.79 Å². The van der Waals surface area contributed by atoms with Gasteiger partial charge in [-0.1, -0.05) is 0 Å². The van der Waals surface area contributed by atoms with Gasteiger partial charge in [0.2, 0.25) is 0 Å². The molecule has 0 aromatic carbocycles. The van der Waals surface area contributed by atoms with E-state index in [9.17, 15) is 4.79 Å². The molecule has 0 aliphatic carbocycles. The molecule has 1 unspecified atom stereocenters. The van der Waals surface area contributed by atoms with E-state index in [-0.39, 0.29) is 11.4 Å². The molecule has 1 aromatic heterocycles. The third-order valence-electron chi connectivity index (χ3n) is 2.44. The maximum atomic E-state index is 11.8.